The molecule has 1 heterocycles. The third kappa shape index (κ3) is 4.48. The van der Waals surface area contributed by atoms with Crippen molar-refractivity contribution in [3.63, 3.8) is 0 Å². The molecule has 0 unspecified atom stereocenters. The number of ether oxygens (including phenoxy) is 2. The quantitative estimate of drug-likeness (QED) is 0.839. The maximum absolute atomic E-state index is 12.7. The summed E-state index contributed by atoms with van der Waals surface area (Å²) in [5, 5.41) is 5.40. The molecule has 0 radical (unpaired) electrons. The predicted octanol–water partition coefficient (Wildman–Crippen LogP) is 3.67. The summed E-state index contributed by atoms with van der Waals surface area (Å²) in [6, 6.07) is 13.6. The van der Waals surface area contributed by atoms with Crippen molar-refractivity contribution in [1.29, 1.82) is 0 Å². The highest BCUT2D eigenvalue weighted by molar-refractivity contribution is 5.87. The van der Waals surface area contributed by atoms with Gasteiger partial charge in [-0.3, -0.25) is 4.79 Å². The van der Waals surface area contributed by atoms with Gasteiger partial charge in [0.15, 0.2) is 0 Å². The molecule has 0 bridgehead atoms. The van der Waals surface area contributed by atoms with E-state index in [-0.39, 0.29) is 11.9 Å². The van der Waals surface area contributed by atoms with Gasteiger partial charge in [-0.15, -0.1) is 0 Å². The van der Waals surface area contributed by atoms with Crippen LogP contribution in [-0.4, -0.2) is 30.7 Å². The summed E-state index contributed by atoms with van der Waals surface area (Å²) in [5.74, 6) is -1.25. The van der Waals surface area contributed by atoms with Gasteiger partial charge < -0.3 is 14.8 Å². The highest BCUT2D eigenvalue weighted by Gasteiger charge is 2.40. The summed E-state index contributed by atoms with van der Waals surface area (Å²) in [6.07, 6.45) is 2.23. The lowest BCUT2D eigenvalue weighted by Crippen LogP contribution is -2.30. The van der Waals surface area contributed by atoms with Crippen LogP contribution in [0, 0.1) is 5.92 Å². The van der Waals surface area contributed by atoms with E-state index in [9.17, 15) is 9.59 Å². The van der Waals surface area contributed by atoms with Crippen molar-refractivity contribution in [2.24, 2.45) is 5.92 Å². The number of carbonyl (C=O) groups excluding carboxylic acids is 2. The van der Waals surface area contributed by atoms with Crippen LogP contribution >= 0.6 is 0 Å². The second kappa shape index (κ2) is 7.43. The molecule has 1 saturated heterocycles. The lowest BCUT2D eigenvalue weighted by atomic mass is 10.00. The Morgan fingerprint density at radius 2 is 1.78 bits per heavy atom. The van der Waals surface area contributed by atoms with E-state index < -0.39 is 17.6 Å². The van der Waals surface area contributed by atoms with E-state index in [1.807, 2.05) is 57.2 Å². The zero-order valence-electron chi connectivity index (χ0n) is 16.1. The van der Waals surface area contributed by atoms with E-state index >= 15 is 0 Å². The van der Waals surface area contributed by atoms with E-state index in [4.69, 9.17) is 9.47 Å². The summed E-state index contributed by atoms with van der Waals surface area (Å²) < 4.78 is 10.4. The fourth-order valence-electron chi connectivity index (χ4n) is 3.24. The molecule has 0 amide bonds. The number of hydrogen-bond donors (Lipinski definition) is 1. The molecule has 27 heavy (non-hydrogen) atoms. The first-order valence-electron chi connectivity index (χ1n) is 9.04. The Bertz CT molecular complexity index is 895. The van der Waals surface area contributed by atoms with Crippen molar-refractivity contribution in [2.75, 3.05) is 7.11 Å². The van der Waals surface area contributed by atoms with Gasteiger partial charge >= 0.3 is 11.9 Å². The average Bonchev–Trinajstić information content (AvgIpc) is 3.03. The van der Waals surface area contributed by atoms with Crippen molar-refractivity contribution in [3.8, 4) is 0 Å². The van der Waals surface area contributed by atoms with E-state index in [0.717, 1.165) is 16.3 Å². The van der Waals surface area contributed by atoms with Crippen LogP contribution in [0.3, 0.4) is 0 Å². The smallest absolute Gasteiger partial charge is 0.328 e. The van der Waals surface area contributed by atoms with E-state index in [1.54, 1.807) is 0 Å². The molecule has 1 fully saturated rings. The molecule has 0 aliphatic carbocycles. The summed E-state index contributed by atoms with van der Waals surface area (Å²) >= 11 is 0. The van der Waals surface area contributed by atoms with Gasteiger partial charge in [-0.1, -0.05) is 36.4 Å². The van der Waals surface area contributed by atoms with E-state index in [2.05, 4.69) is 17.4 Å². The molecule has 2 aromatic carbocycles. The van der Waals surface area contributed by atoms with Crippen LogP contribution in [0.5, 0.6) is 0 Å². The number of esters is 2. The standard InChI is InChI=1S/C22H25NO4/c1-22(2,3)27-20(24)17-13-19(21(25)26-4)23-18(17)12-14-9-10-15-7-5-6-8-16(15)11-14/h5-12,17,19,23H,13H2,1-4H3/b18-12-/t17-,19-/m0/s1. The number of fused-ring (bicyclic) bond motifs is 1. The first-order chi connectivity index (χ1) is 12.8. The topological polar surface area (TPSA) is 64.6 Å². The highest BCUT2D eigenvalue weighted by atomic mass is 16.6. The van der Waals surface area contributed by atoms with Crippen molar-refractivity contribution < 1.29 is 19.1 Å². The van der Waals surface area contributed by atoms with Crippen molar-refractivity contribution in [3.05, 3.63) is 53.7 Å². The molecule has 5 heteroatoms. The van der Waals surface area contributed by atoms with Crippen LogP contribution in [0.25, 0.3) is 16.8 Å². The fourth-order valence-corrected chi connectivity index (χ4v) is 3.24. The van der Waals surface area contributed by atoms with Gasteiger partial charge in [0.05, 0.1) is 13.0 Å². The lowest BCUT2D eigenvalue weighted by molar-refractivity contribution is -0.158. The molecule has 0 spiro atoms. The molecule has 3 rings (SSSR count). The molecule has 0 aromatic heterocycles. The molecule has 2 atom stereocenters. The minimum absolute atomic E-state index is 0.320. The molecule has 1 N–H and O–H groups in total. The Kier molecular flexibility index (Phi) is 5.22. The second-order valence-electron chi connectivity index (χ2n) is 7.75. The van der Waals surface area contributed by atoms with Crippen LogP contribution < -0.4 is 5.32 Å². The van der Waals surface area contributed by atoms with Crippen LogP contribution in [0.1, 0.15) is 32.8 Å². The van der Waals surface area contributed by atoms with Gasteiger partial charge in [0.25, 0.3) is 0 Å². The average molecular weight is 367 g/mol. The van der Waals surface area contributed by atoms with E-state index in [1.165, 1.54) is 7.11 Å². The highest BCUT2D eigenvalue weighted by Crippen LogP contribution is 2.30. The number of carbonyl (C=O) groups is 2. The number of rotatable bonds is 3. The molecular formula is C22H25NO4. The lowest BCUT2D eigenvalue weighted by Gasteiger charge is -2.22. The maximum Gasteiger partial charge on any atom is 0.328 e. The van der Waals surface area contributed by atoms with Crippen LogP contribution in [0.2, 0.25) is 0 Å². The molecule has 1 aliphatic heterocycles. The number of hydrogen-bond acceptors (Lipinski definition) is 5. The van der Waals surface area contributed by atoms with Crippen LogP contribution in [-0.2, 0) is 19.1 Å². The Morgan fingerprint density at radius 1 is 1.07 bits per heavy atom. The normalized spacial score (nSPS) is 21.1. The van der Waals surface area contributed by atoms with Crippen molar-refractivity contribution >= 4 is 28.8 Å². The molecule has 2 aromatic rings. The Morgan fingerprint density at radius 3 is 2.44 bits per heavy atom. The first-order valence-corrected chi connectivity index (χ1v) is 9.04. The third-order valence-electron chi connectivity index (χ3n) is 4.46. The van der Waals surface area contributed by atoms with E-state index in [0.29, 0.717) is 12.1 Å². The largest absolute Gasteiger partial charge is 0.467 e. The molecular weight excluding hydrogens is 342 g/mol. The molecule has 5 nitrogen and oxygen atoms in total. The Labute approximate surface area is 159 Å². The minimum atomic E-state index is -0.589. The maximum atomic E-state index is 12.7. The molecule has 1 aliphatic rings. The van der Waals surface area contributed by atoms with Crippen molar-refractivity contribution in [2.45, 2.75) is 38.8 Å². The van der Waals surface area contributed by atoms with Crippen LogP contribution in [0.15, 0.2) is 48.2 Å². The van der Waals surface area contributed by atoms with Gasteiger partial charge in [-0.05, 0) is 55.7 Å². The zero-order valence-corrected chi connectivity index (χ0v) is 16.1. The SMILES string of the molecule is COC(=O)[C@@H]1C[C@H](C(=O)OC(C)(C)C)/C(=C/c2ccc3ccccc3c2)N1. The zero-order chi connectivity index (χ0) is 19.6. The monoisotopic (exact) mass is 367 g/mol. The van der Waals surface area contributed by atoms with Crippen molar-refractivity contribution in [1.82, 2.24) is 5.32 Å². The summed E-state index contributed by atoms with van der Waals surface area (Å²) in [6.45, 7) is 5.49. The van der Waals surface area contributed by atoms with Gasteiger partial charge in [0.2, 0.25) is 0 Å². The predicted molar refractivity (Wildman–Crippen MR) is 105 cm³/mol. The van der Waals surface area contributed by atoms with Gasteiger partial charge in [0, 0.05) is 5.70 Å². The van der Waals surface area contributed by atoms with Gasteiger partial charge in [0.1, 0.15) is 11.6 Å². The van der Waals surface area contributed by atoms with Crippen LogP contribution in [0.4, 0.5) is 0 Å². The summed E-state index contributed by atoms with van der Waals surface area (Å²) in [4.78, 5) is 24.7. The van der Waals surface area contributed by atoms with Gasteiger partial charge in [-0.2, -0.15) is 0 Å². The third-order valence-corrected chi connectivity index (χ3v) is 4.46. The number of methoxy groups -OCH3 is 1. The minimum Gasteiger partial charge on any atom is -0.467 e. The summed E-state index contributed by atoms with van der Waals surface area (Å²) in [5.41, 5.74) is 1.04. The second-order valence-corrected chi connectivity index (χ2v) is 7.75. The number of nitrogens with one attached hydrogen (secondary N) is 1. The molecule has 0 saturated carbocycles. The number of benzene rings is 2. The van der Waals surface area contributed by atoms with Gasteiger partial charge in [-0.25, -0.2) is 4.79 Å². The fraction of sp³-hybridized carbons (Fsp3) is 0.364. The summed E-state index contributed by atoms with van der Waals surface area (Å²) in [7, 11) is 1.34. The first kappa shape index (κ1) is 19.0. The Balaban J connectivity index is 1.93. The molecule has 142 valence electrons. The Hall–Kier alpha value is -2.82.